The largest absolute Gasteiger partial charge is 0.425 e. The average Bonchev–Trinajstić information content (AvgIpc) is 2.76. The molecule has 5 nitrogen and oxygen atoms in total. The van der Waals surface area contributed by atoms with Crippen molar-refractivity contribution in [2.45, 2.75) is 18.8 Å². The van der Waals surface area contributed by atoms with Crippen molar-refractivity contribution < 1.29 is 9.15 Å². The Morgan fingerprint density at radius 1 is 1.44 bits per heavy atom. The van der Waals surface area contributed by atoms with Crippen LogP contribution in [-0.2, 0) is 4.74 Å². The Bertz CT molecular complexity index is 503. The van der Waals surface area contributed by atoms with Crippen LogP contribution in [-0.4, -0.2) is 23.2 Å². The number of nitrogen functional groups attached to an aromatic ring is 1. The molecule has 1 aliphatic heterocycles. The van der Waals surface area contributed by atoms with Gasteiger partial charge >= 0.3 is 0 Å². The van der Waals surface area contributed by atoms with Gasteiger partial charge in [0.15, 0.2) is 6.39 Å². The third kappa shape index (κ3) is 1.53. The maximum Gasteiger partial charge on any atom is 0.247 e. The van der Waals surface area contributed by atoms with Crippen molar-refractivity contribution in [1.82, 2.24) is 9.97 Å². The molecule has 3 heterocycles. The lowest BCUT2D eigenvalue weighted by Crippen LogP contribution is -2.17. The minimum Gasteiger partial charge on any atom is -0.425 e. The number of aromatic nitrogens is 2. The summed E-state index contributed by atoms with van der Waals surface area (Å²) in [6, 6.07) is 1.82. The highest BCUT2D eigenvalue weighted by Gasteiger charge is 2.21. The molecule has 1 fully saturated rings. The van der Waals surface area contributed by atoms with Gasteiger partial charge in [0.1, 0.15) is 5.52 Å². The van der Waals surface area contributed by atoms with Gasteiger partial charge < -0.3 is 14.9 Å². The van der Waals surface area contributed by atoms with Crippen LogP contribution in [0.3, 0.4) is 0 Å². The molecule has 2 aromatic heterocycles. The molecule has 3 rings (SSSR count). The Labute approximate surface area is 92.6 Å². The summed E-state index contributed by atoms with van der Waals surface area (Å²) in [5.74, 6) is 0.281. The minimum absolute atomic E-state index is 0.281. The number of pyridine rings is 1. The summed E-state index contributed by atoms with van der Waals surface area (Å²) in [6.07, 6.45) is 3.51. The number of anilines is 1. The second-order valence-corrected chi connectivity index (χ2v) is 4.05. The first-order chi connectivity index (χ1) is 7.84. The number of rotatable bonds is 1. The average molecular weight is 219 g/mol. The molecule has 0 amide bonds. The van der Waals surface area contributed by atoms with Crippen molar-refractivity contribution in [1.29, 1.82) is 0 Å². The van der Waals surface area contributed by atoms with Gasteiger partial charge in [0.25, 0.3) is 0 Å². The molecule has 0 spiro atoms. The number of nitrogens with zero attached hydrogens (tertiary/aromatic N) is 2. The molecule has 2 N–H and O–H groups in total. The number of fused-ring (bicyclic) bond motifs is 1. The fourth-order valence-electron chi connectivity index (χ4n) is 2.11. The topological polar surface area (TPSA) is 74.2 Å². The number of hydrogen-bond acceptors (Lipinski definition) is 5. The molecular weight excluding hydrogens is 206 g/mol. The van der Waals surface area contributed by atoms with Gasteiger partial charge in [-0.2, -0.15) is 0 Å². The van der Waals surface area contributed by atoms with Crippen LogP contribution in [0.2, 0.25) is 0 Å². The van der Waals surface area contributed by atoms with Crippen LogP contribution in [0.25, 0.3) is 11.2 Å². The Hall–Kier alpha value is -1.62. The lowest BCUT2D eigenvalue weighted by Gasteiger charge is -2.22. The lowest BCUT2D eigenvalue weighted by atomic mass is 9.97. The standard InChI is InChI=1S/C11H13N3O2/c12-8-4-9-11(16-6-13-9)14-10(8)7-2-1-3-15-5-7/h4,6-7H,1-3,5,12H2. The molecule has 0 radical (unpaired) electrons. The van der Waals surface area contributed by atoms with Crippen LogP contribution in [0.5, 0.6) is 0 Å². The van der Waals surface area contributed by atoms with Crippen LogP contribution in [0.1, 0.15) is 24.5 Å². The molecule has 0 aromatic carbocycles. The molecule has 1 saturated heterocycles. The van der Waals surface area contributed by atoms with Crippen molar-refractivity contribution in [3.63, 3.8) is 0 Å². The fraction of sp³-hybridized carbons (Fsp3) is 0.455. The molecule has 16 heavy (non-hydrogen) atoms. The Morgan fingerprint density at radius 2 is 2.38 bits per heavy atom. The summed E-state index contributed by atoms with van der Waals surface area (Å²) in [5, 5.41) is 0. The van der Waals surface area contributed by atoms with Gasteiger partial charge in [-0.05, 0) is 18.9 Å². The summed E-state index contributed by atoms with van der Waals surface area (Å²) in [5.41, 5.74) is 8.79. The molecule has 0 aliphatic carbocycles. The Kier molecular flexibility index (Phi) is 2.25. The van der Waals surface area contributed by atoms with Gasteiger partial charge in [0.2, 0.25) is 5.71 Å². The molecule has 1 atom stereocenters. The second-order valence-electron chi connectivity index (χ2n) is 4.05. The molecule has 0 saturated carbocycles. The highest BCUT2D eigenvalue weighted by molar-refractivity contribution is 5.73. The van der Waals surface area contributed by atoms with E-state index in [-0.39, 0.29) is 5.92 Å². The van der Waals surface area contributed by atoms with Crippen molar-refractivity contribution in [3.8, 4) is 0 Å². The molecular formula is C11H13N3O2. The van der Waals surface area contributed by atoms with Crippen LogP contribution in [0.4, 0.5) is 5.69 Å². The van der Waals surface area contributed by atoms with Gasteiger partial charge in [0, 0.05) is 12.5 Å². The zero-order chi connectivity index (χ0) is 11.0. The lowest BCUT2D eigenvalue weighted by molar-refractivity contribution is 0.0795. The van der Waals surface area contributed by atoms with Gasteiger partial charge in [-0.3, -0.25) is 0 Å². The summed E-state index contributed by atoms with van der Waals surface area (Å²) in [7, 11) is 0. The monoisotopic (exact) mass is 219 g/mol. The molecule has 5 heteroatoms. The number of ether oxygens (including phenoxy) is 1. The van der Waals surface area contributed by atoms with E-state index in [1.165, 1.54) is 6.39 Å². The third-order valence-electron chi connectivity index (χ3n) is 2.93. The summed E-state index contributed by atoms with van der Waals surface area (Å²) in [4.78, 5) is 8.45. The van der Waals surface area contributed by atoms with Crippen LogP contribution >= 0.6 is 0 Å². The molecule has 1 aliphatic rings. The van der Waals surface area contributed by atoms with Crippen LogP contribution in [0, 0.1) is 0 Å². The van der Waals surface area contributed by atoms with Crippen molar-refractivity contribution >= 4 is 16.9 Å². The maximum absolute atomic E-state index is 5.98. The SMILES string of the molecule is Nc1cc2ncoc2nc1C1CCCOC1. The summed E-state index contributed by atoms with van der Waals surface area (Å²) < 4.78 is 10.6. The maximum atomic E-state index is 5.98. The third-order valence-corrected chi connectivity index (χ3v) is 2.93. The number of nitrogens with two attached hydrogens (primary N) is 1. The highest BCUT2D eigenvalue weighted by atomic mass is 16.5. The summed E-state index contributed by atoms with van der Waals surface area (Å²) in [6.45, 7) is 1.53. The highest BCUT2D eigenvalue weighted by Crippen LogP contribution is 2.29. The minimum atomic E-state index is 0.281. The van der Waals surface area contributed by atoms with Gasteiger partial charge in [-0.25, -0.2) is 9.97 Å². The fourth-order valence-corrected chi connectivity index (χ4v) is 2.11. The predicted octanol–water partition coefficient (Wildman–Crippen LogP) is 1.70. The van der Waals surface area contributed by atoms with Gasteiger partial charge in [0.05, 0.1) is 18.0 Å². The molecule has 1 unspecified atom stereocenters. The summed E-state index contributed by atoms with van der Waals surface area (Å²) >= 11 is 0. The molecule has 84 valence electrons. The van der Waals surface area contributed by atoms with E-state index in [1.54, 1.807) is 0 Å². The quantitative estimate of drug-likeness (QED) is 0.790. The Morgan fingerprint density at radius 3 is 3.19 bits per heavy atom. The van der Waals surface area contributed by atoms with Crippen molar-refractivity contribution in [3.05, 3.63) is 18.2 Å². The van der Waals surface area contributed by atoms with E-state index in [0.717, 1.165) is 25.1 Å². The smallest absolute Gasteiger partial charge is 0.247 e. The van der Waals surface area contributed by atoms with E-state index in [0.29, 0.717) is 23.5 Å². The predicted molar refractivity (Wildman–Crippen MR) is 59.0 cm³/mol. The first-order valence-electron chi connectivity index (χ1n) is 5.42. The molecule has 2 aromatic rings. The van der Waals surface area contributed by atoms with E-state index in [1.807, 2.05) is 6.07 Å². The van der Waals surface area contributed by atoms with E-state index >= 15 is 0 Å². The Balaban J connectivity index is 2.03. The van der Waals surface area contributed by atoms with Crippen LogP contribution < -0.4 is 5.73 Å². The van der Waals surface area contributed by atoms with E-state index in [2.05, 4.69) is 9.97 Å². The first-order valence-corrected chi connectivity index (χ1v) is 5.42. The second kappa shape index (κ2) is 3.75. The van der Waals surface area contributed by atoms with Gasteiger partial charge in [-0.1, -0.05) is 0 Å². The zero-order valence-electron chi connectivity index (χ0n) is 8.85. The first kappa shape index (κ1) is 9.59. The van der Waals surface area contributed by atoms with Crippen molar-refractivity contribution in [2.24, 2.45) is 0 Å². The number of oxazole rings is 1. The van der Waals surface area contributed by atoms with Crippen molar-refractivity contribution in [2.75, 3.05) is 18.9 Å². The molecule has 0 bridgehead atoms. The van der Waals surface area contributed by atoms with Crippen LogP contribution in [0.15, 0.2) is 16.9 Å². The van der Waals surface area contributed by atoms with E-state index in [9.17, 15) is 0 Å². The van der Waals surface area contributed by atoms with E-state index < -0.39 is 0 Å². The number of hydrogen-bond donors (Lipinski definition) is 1. The van der Waals surface area contributed by atoms with E-state index in [4.69, 9.17) is 14.9 Å². The van der Waals surface area contributed by atoms with Gasteiger partial charge in [-0.15, -0.1) is 0 Å². The zero-order valence-corrected chi connectivity index (χ0v) is 8.85. The normalized spacial score (nSPS) is 21.4.